The summed E-state index contributed by atoms with van der Waals surface area (Å²) >= 11 is 0. The van der Waals surface area contributed by atoms with Crippen LogP contribution in [0.3, 0.4) is 0 Å². The summed E-state index contributed by atoms with van der Waals surface area (Å²) in [5.41, 5.74) is 0. The van der Waals surface area contributed by atoms with Gasteiger partial charge in [0.2, 0.25) is 0 Å². The Labute approximate surface area is 185 Å². The Morgan fingerprint density at radius 2 is 0.630 bits per heavy atom. The van der Waals surface area contributed by atoms with Gasteiger partial charge in [0.05, 0.1) is 0 Å². The molecule has 0 bridgehead atoms. The third-order valence-electron chi connectivity index (χ3n) is 1.15. The van der Waals surface area contributed by atoms with Crippen molar-refractivity contribution in [3.8, 4) is 0 Å². The topological polar surface area (TPSA) is 235 Å². The maximum Gasteiger partial charge on any atom is 0.394 e. The molecule has 0 atom stereocenters. The summed E-state index contributed by atoms with van der Waals surface area (Å²) in [4.78, 5) is 37.0. The first-order chi connectivity index (χ1) is 11.1. The van der Waals surface area contributed by atoms with Gasteiger partial charge in [0, 0.05) is 64.7 Å². The van der Waals surface area contributed by atoms with Crippen molar-refractivity contribution in [3.63, 3.8) is 0 Å². The van der Waals surface area contributed by atoms with Gasteiger partial charge in [-0.3, -0.25) is 9.11 Å². The van der Waals surface area contributed by atoms with E-state index in [4.69, 9.17) is 17.5 Å². The number of aliphatic carboxylic acids is 4. The van der Waals surface area contributed by atoms with Crippen LogP contribution in [-0.2, 0) is 70.4 Å². The van der Waals surface area contributed by atoms with Crippen molar-refractivity contribution < 1.29 is 98.0 Å². The van der Waals surface area contributed by atoms with Gasteiger partial charge in [0.25, 0.3) is 0 Å². The van der Waals surface area contributed by atoms with E-state index >= 15 is 0 Å². The number of carboxylic acid groups (broad SMARTS) is 4. The molecule has 0 aromatic rings. The molecular weight excluding hydrogens is 741 g/mol. The third kappa shape index (κ3) is 267. The summed E-state index contributed by atoms with van der Waals surface area (Å²) in [6, 6.07) is 0. The van der Waals surface area contributed by atoms with Gasteiger partial charge in [-0.2, -0.15) is 8.42 Å². The summed E-state index contributed by atoms with van der Waals surface area (Å²) in [7, 11) is -4.67. The molecule has 2 N–H and O–H groups in total. The van der Waals surface area contributed by atoms with E-state index in [1.807, 2.05) is 0 Å². The van der Waals surface area contributed by atoms with Crippen molar-refractivity contribution in [1.29, 1.82) is 0 Å². The predicted molar refractivity (Wildman–Crippen MR) is 75.4 cm³/mol. The SMILES string of the molecule is CCC(=O)[O-].CCC(=O)[O-].CCC(=O)[O-].CCC(=O)[O-].O=S(=O)(O)O.[Re].[Re]. The van der Waals surface area contributed by atoms with Gasteiger partial charge < -0.3 is 39.6 Å². The Bertz CT molecular complexity index is 401. The Kier molecular flexibility index (Phi) is 54.6. The van der Waals surface area contributed by atoms with Crippen molar-refractivity contribution in [1.82, 2.24) is 0 Å². The maximum absolute atomic E-state index is 9.26. The van der Waals surface area contributed by atoms with E-state index in [9.17, 15) is 39.6 Å². The van der Waals surface area contributed by atoms with E-state index in [0.29, 0.717) is 0 Å². The summed E-state index contributed by atoms with van der Waals surface area (Å²) < 4.78 is 31.6. The van der Waals surface area contributed by atoms with Crippen LogP contribution in [-0.4, -0.2) is 41.4 Å². The van der Waals surface area contributed by atoms with Gasteiger partial charge >= 0.3 is 10.4 Å². The molecule has 27 heavy (non-hydrogen) atoms. The van der Waals surface area contributed by atoms with Crippen LogP contribution in [0.4, 0.5) is 0 Å². The summed E-state index contributed by atoms with van der Waals surface area (Å²) in [6.45, 7) is 6.15. The number of hydrogen-bond acceptors (Lipinski definition) is 10. The van der Waals surface area contributed by atoms with Gasteiger partial charge in [0.15, 0.2) is 0 Å². The van der Waals surface area contributed by atoms with E-state index < -0.39 is 34.3 Å². The van der Waals surface area contributed by atoms with E-state index in [1.165, 1.54) is 27.7 Å². The molecule has 0 rings (SSSR count). The molecular formula is C12H22O12Re2S-4. The number of carbonyl (C=O) groups is 4. The largest absolute Gasteiger partial charge is 0.550 e. The van der Waals surface area contributed by atoms with Gasteiger partial charge in [-0.1, -0.05) is 27.7 Å². The van der Waals surface area contributed by atoms with Crippen LogP contribution in [0.25, 0.3) is 0 Å². The standard InChI is InChI=1S/4C3H6O2.H2O4S.2Re/c4*1-2-3(4)5;1-5(2,3)4;;/h4*2H2,1H3,(H,4,5);(H2,1,2,3,4);;/p-4. The van der Waals surface area contributed by atoms with Gasteiger partial charge in [0.1, 0.15) is 0 Å². The zero-order valence-corrected chi connectivity index (χ0v) is 21.2. The third-order valence-corrected chi connectivity index (χ3v) is 1.15. The van der Waals surface area contributed by atoms with Gasteiger partial charge in [-0.05, 0) is 25.7 Å². The maximum atomic E-state index is 9.26. The molecule has 0 aliphatic rings. The fourth-order valence-corrected chi connectivity index (χ4v) is 0. The predicted octanol–water partition coefficient (Wildman–Crippen LogP) is -4.07. The number of carbonyl (C=O) groups excluding carboxylic acids is 4. The Balaban J connectivity index is -0.0000000364. The number of rotatable bonds is 4. The zero-order valence-electron chi connectivity index (χ0n) is 15.0. The second kappa shape index (κ2) is 32.7. The molecule has 0 unspecified atom stereocenters. The summed E-state index contributed by atoms with van der Waals surface area (Å²) in [5.74, 6) is -3.98. The Morgan fingerprint density at radius 1 is 0.593 bits per heavy atom. The van der Waals surface area contributed by atoms with Crippen LogP contribution in [0.5, 0.6) is 0 Å². The number of hydrogen-bond donors (Lipinski definition) is 2. The average molecular weight is 763 g/mol. The average Bonchev–Trinajstić information content (AvgIpc) is 2.47. The van der Waals surface area contributed by atoms with Crippen molar-refractivity contribution in [2.75, 3.05) is 0 Å². The van der Waals surface area contributed by atoms with Crippen molar-refractivity contribution in [3.05, 3.63) is 0 Å². The minimum atomic E-state index is -4.67. The molecule has 0 spiro atoms. The molecule has 12 nitrogen and oxygen atoms in total. The summed E-state index contributed by atoms with van der Waals surface area (Å²) in [5, 5.41) is 37.0. The van der Waals surface area contributed by atoms with Crippen molar-refractivity contribution in [2.24, 2.45) is 0 Å². The Morgan fingerprint density at radius 3 is 0.630 bits per heavy atom. The molecule has 166 valence electrons. The molecule has 15 heteroatoms. The zero-order chi connectivity index (χ0) is 21.6. The molecule has 0 aliphatic carbocycles. The second-order valence-corrected chi connectivity index (χ2v) is 4.25. The number of carboxylic acids is 4. The normalized spacial score (nSPS) is 7.63. The minimum Gasteiger partial charge on any atom is -0.550 e. The fourth-order valence-electron chi connectivity index (χ4n) is 0. The molecule has 0 saturated heterocycles. The van der Waals surface area contributed by atoms with Crippen LogP contribution in [0.15, 0.2) is 0 Å². The monoisotopic (exact) mass is 764 g/mol. The smallest absolute Gasteiger partial charge is 0.394 e. The van der Waals surface area contributed by atoms with Crippen molar-refractivity contribution in [2.45, 2.75) is 53.4 Å². The van der Waals surface area contributed by atoms with E-state index in [0.717, 1.165) is 0 Å². The summed E-state index contributed by atoms with van der Waals surface area (Å²) in [6.07, 6.45) is 0.444. The minimum absolute atomic E-state index is 0. The van der Waals surface area contributed by atoms with Gasteiger partial charge in [-0.15, -0.1) is 0 Å². The van der Waals surface area contributed by atoms with E-state index in [-0.39, 0.29) is 66.5 Å². The molecule has 0 aromatic heterocycles. The van der Waals surface area contributed by atoms with Crippen molar-refractivity contribution >= 4 is 34.3 Å². The molecule has 0 heterocycles. The quantitative estimate of drug-likeness (QED) is 0.261. The first-order valence-electron chi connectivity index (χ1n) is 6.57. The van der Waals surface area contributed by atoms with Crippen LogP contribution in [0.2, 0.25) is 0 Å². The molecule has 2 radical (unpaired) electrons. The van der Waals surface area contributed by atoms with Crippen LogP contribution >= 0.6 is 0 Å². The van der Waals surface area contributed by atoms with Gasteiger partial charge in [-0.25, -0.2) is 0 Å². The first-order valence-corrected chi connectivity index (χ1v) is 7.97. The molecule has 0 fully saturated rings. The fraction of sp³-hybridized carbons (Fsp3) is 0.667. The second-order valence-electron chi connectivity index (χ2n) is 3.35. The Hall–Kier alpha value is -0.925. The van der Waals surface area contributed by atoms with E-state index in [2.05, 4.69) is 0 Å². The van der Waals surface area contributed by atoms with Crippen LogP contribution in [0, 0.1) is 0 Å². The molecule has 0 amide bonds. The first kappa shape index (κ1) is 45.1. The molecule has 0 aromatic carbocycles. The van der Waals surface area contributed by atoms with Crippen LogP contribution < -0.4 is 20.4 Å². The van der Waals surface area contributed by atoms with E-state index in [1.54, 1.807) is 0 Å². The van der Waals surface area contributed by atoms with Crippen LogP contribution in [0.1, 0.15) is 53.4 Å². The molecule has 0 saturated carbocycles. The molecule has 0 aliphatic heterocycles.